The molecule has 5 aromatic carbocycles. The Balaban J connectivity index is 1.40. The van der Waals surface area contributed by atoms with Crippen molar-refractivity contribution in [1.82, 2.24) is 4.57 Å². The third kappa shape index (κ3) is 3.38. The number of benzene rings is 5. The van der Waals surface area contributed by atoms with Gasteiger partial charge in [-0.3, -0.25) is 0 Å². The second-order valence-corrected chi connectivity index (χ2v) is 10.2. The van der Waals surface area contributed by atoms with Crippen LogP contribution in [0.5, 0.6) is 0 Å². The maximum atomic E-state index is 9.73. The second kappa shape index (κ2) is 8.97. The number of hydrogen-bond acceptors (Lipinski definition) is 4. The summed E-state index contributed by atoms with van der Waals surface area (Å²) < 4.78 is 2.21. The van der Waals surface area contributed by atoms with Gasteiger partial charge in [-0.1, -0.05) is 54.6 Å². The molecule has 1 aliphatic rings. The zero-order valence-corrected chi connectivity index (χ0v) is 22.0. The summed E-state index contributed by atoms with van der Waals surface area (Å²) in [6.07, 6.45) is 0.735. The fourth-order valence-electron chi connectivity index (χ4n) is 6.43. The summed E-state index contributed by atoms with van der Waals surface area (Å²) in [7, 11) is 2.06. The van der Waals surface area contributed by atoms with E-state index in [0.717, 1.165) is 50.5 Å². The van der Waals surface area contributed by atoms with Crippen LogP contribution < -0.4 is 0 Å². The van der Waals surface area contributed by atoms with Crippen molar-refractivity contribution in [2.75, 3.05) is 0 Å². The molecule has 0 unspecified atom stereocenters. The van der Waals surface area contributed by atoms with Crippen LogP contribution in [0.1, 0.15) is 33.4 Å². The van der Waals surface area contributed by atoms with Gasteiger partial charge >= 0.3 is 0 Å². The van der Waals surface area contributed by atoms with Gasteiger partial charge in [-0.25, -0.2) is 0 Å². The first-order valence-electron chi connectivity index (χ1n) is 13.1. The van der Waals surface area contributed by atoms with Gasteiger partial charge in [-0.2, -0.15) is 21.0 Å². The summed E-state index contributed by atoms with van der Waals surface area (Å²) >= 11 is 0. The average Bonchev–Trinajstić information content (AvgIpc) is 3.54. The second-order valence-electron chi connectivity index (χ2n) is 10.2. The minimum atomic E-state index is 0.479. The van der Waals surface area contributed by atoms with Gasteiger partial charge in [0.25, 0.3) is 0 Å². The van der Waals surface area contributed by atoms with E-state index in [0.29, 0.717) is 33.4 Å². The molecule has 1 aliphatic carbocycles. The van der Waals surface area contributed by atoms with Crippen molar-refractivity contribution in [3.8, 4) is 57.7 Å². The molecule has 1 heterocycles. The van der Waals surface area contributed by atoms with E-state index in [1.165, 1.54) is 11.1 Å². The third-order valence-electron chi connectivity index (χ3n) is 8.22. The summed E-state index contributed by atoms with van der Waals surface area (Å²) in [5.74, 6) is 0. The molecule has 0 fully saturated rings. The minimum Gasteiger partial charge on any atom is -0.343 e. The fourth-order valence-corrected chi connectivity index (χ4v) is 6.43. The lowest BCUT2D eigenvalue weighted by Crippen LogP contribution is -1.93. The fraction of sp³-hybridized carbons (Fsp3) is 0.0556. The van der Waals surface area contributed by atoms with Gasteiger partial charge in [-0.05, 0) is 63.7 Å². The number of aryl methyl sites for hydroxylation is 1. The first-order valence-corrected chi connectivity index (χ1v) is 13.1. The van der Waals surface area contributed by atoms with Crippen molar-refractivity contribution in [2.45, 2.75) is 6.42 Å². The van der Waals surface area contributed by atoms with E-state index in [1.807, 2.05) is 12.1 Å². The Morgan fingerprint density at radius 2 is 1.10 bits per heavy atom. The molecule has 0 N–H and O–H groups in total. The number of rotatable bonds is 2. The molecule has 7 rings (SSSR count). The summed E-state index contributed by atoms with van der Waals surface area (Å²) in [4.78, 5) is 0. The van der Waals surface area contributed by atoms with E-state index in [9.17, 15) is 21.0 Å². The minimum absolute atomic E-state index is 0.479. The van der Waals surface area contributed by atoms with Crippen LogP contribution >= 0.6 is 0 Å². The summed E-state index contributed by atoms with van der Waals surface area (Å²) in [5, 5.41) is 41.1. The zero-order valence-electron chi connectivity index (χ0n) is 22.0. The molecular formula is C36H19N5. The van der Waals surface area contributed by atoms with Gasteiger partial charge in [0.1, 0.15) is 0 Å². The molecule has 0 spiro atoms. The monoisotopic (exact) mass is 521 g/mol. The molecule has 0 bridgehead atoms. The smallest absolute Gasteiger partial charge is 0.0998 e. The Morgan fingerprint density at radius 3 is 1.68 bits per heavy atom. The highest BCUT2D eigenvalue weighted by Crippen LogP contribution is 2.45. The molecule has 5 nitrogen and oxygen atoms in total. The van der Waals surface area contributed by atoms with Gasteiger partial charge in [0.15, 0.2) is 0 Å². The van der Waals surface area contributed by atoms with Crippen LogP contribution in [0.15, 0.2) is 84.9 Å². The van der Waals surface area contributed by atoms with Crippen molar-refractivity contribution in [3.63, 3.8) is 0 Å². The largest absolute Gasteiger partial charge is 0.343 e. The highest BCUT2D eigenvalue weighted by Gasteiger charge is 2.25. The van der Waals surface area contributed by atoms with Crippen LogP contribution in [-0.4, -0.2) is 4.57 Å². The standard InChI is InChI=1S/C36H19N5/c1-41-33-16-22(35-25(19-39)6-3-7-26(35)20-40)9-11-30(33)31-13-12-29-28-10-8-21(14-27(28)15-32(29)36(31)41)34-23(17-37)4-2-5-24(34)18-38/h2-14,16H,15H2,1H3. The normalized spacial score (nSPS) is 11.3. The Morgan fingerprint density at radius 1 is 0.585 bits per heavy atom. The highest BCUT2D eigenvalue weighted by atomic mass is 14.9. The number of fused-ring (bicyclic) bond motifs is 7. The molecule has 188 valence electrons. The molecule has 0 saturated heterocycles. The van der Waals surface area contributed by atoms with Crippen LogP contribution in [0.25, 0.3) is 55.2 Å². The van der Waals surface area contributed by atoms with Crippen LogP contribution in [0, 0.1) is 45.3 Å². The van der Waals surface area contributed by atoms with Crippen molar-refractivity contribution >= 4 is 21.8 Å². The summed E-state index contributed by atoms with van der Waals surface area (Å²) in [6, 6.07) is 36.1. The van der Waals surface area contributed by atoms with Gasteiger partial charge in [0, 0.05) is 40.9 Å². The van der Waals surface area contributed by atoms with Crippen molar-refractivity contribution < 1.29 is 0 Å². The van der Waals surface area contributed by atoms with E-state index in [-0.39, 0.29) is 0 Å². The maximum absolute atomic E-state index is 9.73. The molecule has 0 atom stereocenters. The first kappa shape index (κ1) is 23.9. The predicted octanol–water partition coefficient (Wildman–Crippen LogP) is 7.72. The van der Waals surface area contributed by atoms with Crippen molar-refractivity contribution in [2.24, 2.45) is 7.05 Å². The lowest BCUT2D eigenvalue weighted by atomic mass is 9.93. The zero-order chi connectivity index (χ0) is 28.2. The van der Waals surface area contributed by atoms with E-state index in [1.54, 1.807) is 36.4 Å². The van der Waals surface area contributed by atoms with Gasteiger partial charge in [0.2, 0.25) is 0 Å². The molecule has 1 aromatic heterocycles. The molecular weight excluding hydrogens is 502 g/mol. The molecule has 6 aromatic rings. The number of hydrogen-bond donors (Lipinski definition) is 0. The van der Waals surface area contributed by atoms with E-state index < -0.39 is 0 Å². The van der Waals surface area contributed by atoms with Crippen molar-refractivity contribution in [1.29, 1.82) is 21.0 Å². The van der Waals surface area contributed by atoms with Gasteiger partial charge in [0.05, 0.1) is 52.0 Å². The number of aromatic nitrogens is 1. The van der Waals surface area contributed by atoms with Gasteiger partial charge < -0.3 is 4.57 Å². The van der Waals surface area contributed by atoms with Crippen LogP contribution in [0.2, 0.25) is 0 Å². The first-order chi connectivity index (χ1) is 20.1. The average molecular weight is 522 g/mol. The van der Waals surface area contributed by atoms with Crippen LogP contribution in [0.4, 0.5) is 0 Å². The molecule has 0 aliphatic heterocycles. The SMILES string of the molecule is Cn1c2cc(-c3c(C#N)cccc3C#N)ccc2c2ccc3c(c21)Cc1cc(-c2c(C#N)cccc2C#N)ccc1-3. The molecule has 41 heavy (non-hydrogen) atoms. The van der Waals surface area contributed by atoms with Crippen molar-refractivity contribution in [3.05, 3.63) is 118 Å². The highest BCUT2D eigenvalue weighted by molar-refractivity contribution is 6.12. The Labute approximate surface area is 236 Å². The number of nitriles is 4. The van der Waals surface area contributed by atoms with Crippen LogP contribution in [-0.2, 0) is 13.5 Å². The Kier molecular flexibility index (Phi) is 5.23. The lowest BCUT2D eigenvalue weighted by molar-refractivity contribution is 1.00. The lowest BCUT2D eigenvalue weighted by Gasteiger charge is -2.09. The molecule has 0 amide bonds. The van der Waals surface area contributed by atoms with E-state index in [2.05, 4.69) is 72.3 Å². The predicted molar refractivity (Wildman–Crippen MR) is 158 cm³/mol. The number of nitrogens with zero attached hydrogens (tertiary/aromatic N) is 5. The maximum Gasteiger partial charge on any atom is 0.0998 e. The third-order valence-corrected chi connectivity index (χ3v) is 8.22. The van der Waals surface area contributed by atoms with E-state index in [4.69, 9.17) is 0 Å². The quantitative estimate of drug-likeness (QED) is 0.232. The molecule has 0 saturated carbocycles. The van der Waals surface area contributed by atoms with Crippen LogP contribution in [0.3, 0.4) is 0 Å². The Hall–Kier alpha value is -6.14. The topological polar surface area (TPSA) is 100 Å². The molecule has 0 radical (unpaired) electrons. The van der Waals surface area contributed by atoms with E-state index >= 15 is 0 Å². The Bertz CT molecular complexity index is 2230. The van der Waals surface area contributed by atoms with Gasteiger partial charge in [-0.15, -0.1) is 0 Å². The summed E-state index contributed by atoms with van der Waals surface area (Å²) in [5.41, 5.74) is 11.9. The molecule has 5 heteroatoms. The summed E-state index contributed by atoms with van der Waals surface area (Å²) in [6.45, 7) is 0.